The molecule has 2 saturated heterocycles. The fraction of sp³-hybridized carbons (Fsp3) is 0.533. The van der Waals surface area contributed by atoms with Gasteiger partial charge >= 0.3 is 0 Å². The number of ether oxygens (including phenoxy) is 1. The van der Waals surface area contributed by atoms with E-state index in [9.17, 15) is 4.79 Å². The van der Waals surface area contributed by atoms with Gasteiger partial charge in [0, 0.05) is 24.7 Å². The van der Waals surface area contributed by atoms with E-state index >= 15 is 0 Å². The van der Waals surface area contributed by atoms with Gasteiger partial charge in [-0.05, 0) is 37.5 Å². The zero-order valence-electron chi connectivity index (χ0n) is 11.4. The van der Waals surface area contributed by atoms with Crippen LogP contribution in [0.25, 0.3) is 0 Å². The zero-order chi connectivity index (χ0) is 13.9. The van der Waals surface area contributed by atoms with Crippen molar-refractivity contribution in [1.29, 1.82) is 0 Å². The lowest BCUT2D eigenvalue weighted by Gasteiger charge is -2.22. The van der Waals surface area contributed by atoms with Crippen LogP contribution in [0.3, 0.4) is 0 Å². The summed E-state index contributed by atoms with van der Waals surface area (Å²) >= 11 is 6.07. The molecule has 1 N–H and O–H groups in total. The highest BCUT2D eigenvalue weighted by Crippen LogP contribution is 2.32. The second-order valence-electron chi connectivity index (χ2n) is 5.41. The highest BCUT2D eigenvalue weighted by Gasteiger charge is 2.25. The SMILES string of the molecule is O=C(Nc1cc(Cl)ccc1N1CCCC1)C1CCOC1. The molecule has 2 fully saturated rings. The third kappa shape index (κ3) is 2.91. The van der Waals surface area contributed by atoms with Gasteiger partial charge in [-0.2, -0.15) is 0 Å². The summed E-state index contributed by atoms with van der Waals surface area (Å²) in [7, 11) is 0. The summed E-state index contributed by atoms with van der Waals surface area (Å²) in [5, 5.41) is 3.67. The molecule has 1 aromatic rings. The maximum absolute atomic E-state index is 12.2. The summed E-state index contributed by atoms with van der Waals surface area (Å²) in [5.74, 6) is -0.00868. The molecule has 1 amide bonds. The molecule has 1 aromatic carbocycles. The molecule has 0 aromatic heterocycles. The molecule has 20 heavy (non-hydrogen) atoms. The zero-order valence-corrected chi connectivity index (χ0v) is 12.2. The van der Waals surface area contributed by atoms with Crippen molar-refractivity contribution in [1.82, 2.24) is 0 Å². The Kier molecular flexibility index (Phi) is 4.13. The minimum atomic E-state index is -0.0413. The number of hydrogen-bond acceptors (Lipinski definition) is 3. The topological polar surface area (TPSA) is 41.6 Å². The van der Waals surface area contributed by atoms with Gasteiger partial charge in [-0.3, -0.25) is 4.79 Å². The van der Waals surface area contributed by atoms with Crippen LogP contribution < -0.4 is 10.2 Å². The van der Waals surface area contributed by atoms with Crippen LogP contribution in [0.4, 0.5) is 11.4 Å². The Balaban J connectivity index is 1.79. The monoisotopic (exact) mass is 294 g/mol. The average Bonchev–Trinajstić information content (AvgIpc) is 3.12. The molecule has 3 rings (SSSR count). The van der Waals surface area contributed by atoms with Crippen molar-refractivity contribution in [3.8, 4) is 0 Å². The van der Waals surface area contributed by atoms with Crippen LogP contribution in [-0.2, 0) is 9.53 Å². The van der Waals surface area contributed by atoms with E-state index in [1.165, 1.54) is 12.8 Å². The first-order chi connectivity index (χ1) is 9.74. The molecule has 0 aliphatic carbocycles. The second kappa shape index (κ2) is 6.02. The molecule has 5 heteroatoms. The van der Waals surface area contributed by atoms with Gasteiger partial charge in [-0.15, -0.1) is 0 Å². The number of hydrogen-bond donors (Lipinski definition) is 1. The number of carbonyl (C=O) groups excluding carboxylic acids is 1. The van der Waals surface area contributed by atoms with Gasteiger partial charge in [-0.1, -0.05) is 11.6 Å². The molecule has 0 spiro atoms. The van der Waals surface area contributed by atoms with Gasteiger partial charge in [0.2, 0.25) is 5.91 Å². The Morgan fingerprint density at radius 1 is 1.35 bits per heavy atom. The van der Waals surface area contributed by atoms with Gasteiger partial charge in [0.05, 0.1) is 23.9 Å². The first-order valence-electron chi connectivity index (χ1n) is 7.17. The molecule has 108 valence electrons. The lowest BCUT2D eigenvalue weighted by Crippen LogP contribution is -2.25. The molecule has 2 heterocycles. The number of amides is 1. The van der Waals surface area contributed by atoms with E-state index < -0.39 is 0 Å². The van der Waals surface area contributed by atoms with Gasteiger partial charge in [0.1, 0.15) is 0 Å². The maximum atomic E-state index is 12.2. The quantitative estimate of drug-likeness (QED) is 0.932. The van der Waals surface area contributed by atoms with E-state index in [1.807, 2.05) is 18.2 Å². The number of halogens is 1. The first kappa shape index (κ1) is 13.7. The smallest absolute Gasteiger partial charge is 0.229 e. The molecule has 1 atom stereocenters. The lowest BCUT2D eigenvalue weighted by atomic mass is 10.1. The highest BCUT2D eigenvalue weighted by atomic mass is 35.5. The van der Waals surface area contributed by atoms with Crippen LogP contribution in [0.2, 0.25) is 5.02 Å². The normalized spacial score (nSPS) is 22.2. The van der Waals surface area contributed by atoms with E-state index in [0.29, 0.717) is 18.2 Å². The number of carbonyl (C=O) groups is 1. The Morgan fingerprint density at radius 3 is 2.85 bits per heavy atom. The summed E-state index contributed by atoms with van der Waals surface area (Å²) in [5.41, 5.74) is 1.88. The maximum Gasteiger partial charge on any atom is 0.229 e. The Morgan fingerprint density at radius 2 is 2.15 bits per heavy atom. The lowest BCUT2D eigenvalue weighted by molar-refractivity contribution is -0.119. The van der Waals surface area contributed by atoms with Gasteiger partial charge in [-0.25, -0.2) is 0 Å². The first-order valence-corrected chi connectivity index (χ1v) is 7.55. The Hall–Kier alpha value is -1.26. The molecule has 0 bridgehead atoms. The van der Waals surface area contributed by atoms with Crippen molar-refractivity contribution >= 4 is 28.9 Å². The van der Waals surface area contributed by atoms with Crippen molar-refractivity contribution in [3.63, 3.8) is 0 Å². The molecule has 1 unspecified atom stereocenters. The second-order valence-corrected chi connectivity index (χ2v) is 5.84. The van der Waals surface area contributed by atoms with Crippen LogP contribution in [0.1, 0.15) is 19.3 Å². The summed E-state index contributed by atoms with van der Waals surface area (Å²) < 4.78 is 5.27. The van der Waals surface area contributed by atoms with Crippen LogP contribution in [0, 0.1) is 5.92 Å². The van der Waals surface area contributed by atoms with E-state index in [2.05, 4.69) is 10.2 Å². The Labute approximate surface area is 124 Å². The minimum absolute atomic E-state index is 0.0326. The predicted molar refractivity (Wildman–Crippen MR) is 80.5 cm³/mol. The van der Waals surface area contributed by atoms with E-state index in [4.69, 9.17) is 16.3 Å². The standard InChI is InChI=1S/C15H19ClN2O2/c16-12-3-4-14(18-6-1-2-7-18)13(9-12)17-15(19)11-5-8-20-10-11/h3-4,9,11H,1-2,5-8,10H2,(H,17,19). The summed E-state index contributed by atoms with van der Waals surface area (Å²) in [6.07, 6.45) is 3.20. The third-order valence-electron chi connectivity index (χ3n) is 3.96. The van der Waals surface area contributed by atoms with Crippen LogP contribution in [0.15, 0.2) is 18.2 Å². The van der Waals surface area contributed by atoms with E-state index in [1.54, 1.807) is 0 Å². The van der Waals surface area contributed by atoms with Crippen molar-refractivity contribution in [3.05, 3.63) is 23.2 Å². The Bertz CT molecular complexity index is 495. The van der Waals surface area contributed by atoms with Gasteiger partial charge in [0.15, 0.2) is 0 Å². The largest absolute Gasteiger partial charge is 0.381 e. The molecular formula is C15H19ClN2O2. The van der Waals surface area contributed by atoms with Gasteiger partial charge in [0.25, 0.3) is 0 Å². The average molecular weight is 295 g/mol. The van der Waals surface area contributed by atoms with Crippen LogP contribution in [0.5, 0.6) is 0 Å². The minimum Gasteiger partial charge on any atom is -0.381 e. The number of rotatable bonds is 3. The molecule has 2 aliphatic heterocycles. The van der Waals surface area contributed by atoms with Crippen molar-refractivity contribution < 1.29 is 9.53 Å². The van der Waals surface area contributed by atoms with Crippen LogP contribution in [-0.4, -0.2) is 32.2 Å². The van der Waals surface area contributed by atoms with E-state index in [0.717, 1.165) is 30.9 Å². The van der Waals surface area contributed by atoms with Crippen molar-refractivity contribution in [2.75, 3.05) is 36.5 Å². The highest BCUT2D eigenvalue weighted by molar-refractivity contribution is 6.31. The summed E-state index contributed by atoms with van der Waals surface area (Å²) in [6.45, 7) is 3.27. The fourth-order valence-corrected chi connectivity index (χ4v) is 2.99. The molecule has 0 saturated carbocycles. The number of benzene rings is 1. The summed E-state index contributed by atoms with van der Waals surface area (Å²) in [4.78, 5) is 14.5. The van der Waals surface area contributed by atoms with Crippen LogP contribution >= 0.6 is 11.6 Å². The molecule has 2 aliphatic rings. The van der Waals surface area contributed by atoms with Gasteiger partial charge < -0.3 is 15.0 Å². The third-order valence-corrected chi connectivity index (χ3v) is 4.20. The summed E-state index contributed by atoms with van der Waals surface area (Å²) in [6, 6.07) is 5.71. The number of anilines is 2. The van der Waals surface area contributed by atoms with E-state index in [-0.39, 0.29) is 11.8 Å². The predicted octanol–water partition coefficient (Wildman–Crippen LogP) is 2.92. The molecule has 4 nitrogen and oxygen atoms in total. The fourth-order valence-electron chi connectivity index (χ4n) is 2.82. The number of nitrogens with one attached hydrogen (secondary N) is 1. The van der Waals surface area contributed by atoms with Crippen molar-refractivity contribution in [2.24, 2.45) is 5.92 Å². The van der Waals surface area contributed by atoms with Crippen molar-refractivity contribution in [2.45, 2.75) is 19.3 Å². The molecular weight excluding hydrogens is 276 g/mol. The number of nitrogens with zero attached hydrogens (tertiary/aromatic N) is 1. The molecule has 0 radical (unpaired) electrons.